The van der Waals surface area contributed by atoms with E-state index < -0.39 is 6.04 Å². The number of unbranched alkanes of at least 4 members (excludes halogenated alkanes) is 2. The molecule has 0 radical (unpaired) electrons. The summed E-state index contributed by atoms with van der Waals surface area (Å²) in [5, 5.41) is 8.61. The lowest BCUT2D eigenvalue weighted by atomic mass is 10.0. The molecule has 4 aromatic rings. The number of nitrogens with zero attached hydrogens (tertiary/aromatic N) is 4. The van der Waals surface area contributed by atoms with Gasteiger partial charge in [0.2, 0.25) is 0 Å². The number of carbonyl (C=O) groups is 1. The number of amides is 1. The molecule has 0 aliphatic carbocycles. The molecule has 0 aliphatic heterocycles. The maximum absolute atomic E-state index is 13.6. The number of rotatable bonds is 9. The molecular weight excluding hydrogens is 430 g/mol. The van der Waals surface area contributed by atoms with Crippen LogP contribution in [0.4, 0.5) is 0 Å². The third-order valence-electron chi connectivity index (χ3n) is 5.90. The van der Waals surface area contributed by atoms with Crippen molar-refractivity contribution in [1.29, 1.82) is 0 Å². The van der Waals surface area contributed by atoms with Crippen LogP contribution in [0.25, 0.3) is 10.8 Å². The van der Waals surface area contributed by atoms with Crippen molar-refractivity contribution in [2.24, 2.45) is 7.05 Å². The number of hydrogen-bond donors (Lipinski definition) is 1. The van der Waals surface area contributed by atoms with Crippen LogP contribution in [0.3, 0.4) is 0 Å². The average Bonchev–Trinajstić information content (AvgIpc) is 3.29. The second-order valence-electron chi connectivity index (χ2n) is 8.21. The van der Waals surface area contributed by atoms with Crippen LogP contribution < -0.4 is 15.6 Å². The van der Waals surface area contributed by atoms with Crippen LogP contribution in [0.15, 0.2) is 65.7 Å². The number of methoxy groups -OCH3 is 1. The highest BCUT2D eigenvalue weighted by Crippen LogP contribution is 2.24. The second-order valence-corrected chi connectivity index (χ2v) is 8.21. The Hall–Kier alpha value is -3.94. The van der Waals surface area contributed by atoms with Crippen molar-refractivity contribution < 1.29 is 9.53 Å². The number of nitrogens with one attached hydrogen (secondary N) is 1. The zero-order chi connectivity index (χ0) is 24.1. The molecule has 0 spiro atoms. The number of carbonyl (C=O) groups excluding carboxylic acids is 1. The van der Waals surface area contributed by atoms with E-state index in [-0.39, 0.29) is 17.2 Å². The summed E-state index contributed by atoms with van der Waals surface area (Å²) in [5.41, 5.74) is 0.891. The van der Waals surface area contributed by atoms with Gasteiger partial charge in [0.1, 0.15) is 17.6 Å². The van der Waals surface area contributed by atoms with E-state index in [1.54, 1.807) is 37.6 Å². The number of hydrogen-bond acceptors (Lipinski definition) is 5. The summed E-state index contributed by atoms with van der Waals surface area (Å²) >= 11 is 0. The molecule has 0 fully saturated rings. The van der Waals surface area contributed by atoms with Crippen LogP contribution in [-0.2, 0) is 13.6 Å². The summed E-state index contributed by atoms with van der Waals surface area (Å²) in [6.07, 6.45) is 6.37. The SMILES string of the molecule is CCCCCn1nc(C(=O)NC(c2ccc(OC)cc2)c2nccn2C)c2ccccc2c1=O. The highest BCUT2D eigenvalue weighted by Gasteiger charge is 2.24. The molecule has 0 saturated carbocycles. The summed E-state index contributed by atoms with van der Waals surface area (Å²) in [4.78, 5) is 31.1. The topological polar surface area (TPSA) is 91.0 Å². The number of aromatic nitrogens is 4. The molecule has 8 nitrogen and oxygen atoms in total. The van der Waals surface area contributed by atoms with Crippen molar-refractivity contribution in [3.63, 3.8) is 0 Å². The summed E-state index contributed by atoms with van der Waals surface area (Å²) in [6.45, 7) is 2.57. The number of benzene rings is 2. The molecule has 4 rings (SSSR count). The fraction of sp³-hybridized carbons (Fsp3) is 0.308. The second kappa shape index (κ2) is 10.3. The predicted octanol–water partition coefficient (Wildman–Crippen LogP) is 3.85. The third kappa shape index (κ3) is 4.71. The minimum Gasteiger partial charge on any atom is -0.497 e. The Kier molecular flexibility index (Phi) is 7.06. The van der Waals surface area contributed by atoms with Crippen LogP contribution in [0, 0.1) is 0 Å². The fourth-order valence-corrected chi connectivity index (χ4v) is 4.01. The molecule has 2 heterocycles. The van der Waals surface area contributed by atoms with E-state index >= 15 is 0 Å². The van der Waals surface area contributed by atoms with Gasteiger partial charge in [-0.3, -0.25) is 9.59 Å². The lowest BCUT2D eigenvalue weighted by molar-refractivity contribution is 0.0935. The predicted molar refractivity (Wildman–Crippen MR) is 131 cm³/mol. The van der Waals surface area contributed by atoms with Crippen LogP contribution in [0.2, 0.25) is 0 Å². The molecule has 2 aromatic carbocycles. The van der Waals surface area contributed by atoms with Crippen LogP contribution in [-0.4, -0.2) is 32.3 Å². The Bertz CT molecular complexity index is 1340. The third-order valence-corrected chi connectivity index (χ3v) is 5.90. The number of fused-ring (bicyclic) bond motifs is 1. The van der Waals surface area contributed by atoms with Crippen molar-refractivity contribution in [2.75, 3.05) is 7.11 Å². The van der Waals surface area contributed by atoms with Crippen LogP contribution in [0.5, 0.6) is 5.75 Å². The van der Waals surface area contributed by atoms with Crippen molar-refractivity contribution in [1.82, 2.24) is 24.6 Å². The maximum atomic E-state index is 13.6. The van der Waals surface area contributed by atoms with E-state index in [1.165, 1.54) is 4.68 Å². The molecule has 2 aromatic heterocycles. The summed E-state index contributed by atoms with van der Waals surface area (Å²) in [6, 6.07) is 14.1. The van der Waals surface area contributed by atoms with Crippen molar-refractivity contribution >= 4 is 16.7 Å². The molecule has 8 heteroatoms. The number of ether oxygens (including phenoxy) is 1. The maximum Gasteiger partial charge on any atom is 0.274 e. The highest BCUT2D eigenvalue weighted by molar-refractivity contribution is 6.05. The molecule has 1 atom stereocenters. The molecular formula is C26H29N5O3. The van der Waals surface area contributed by atoms with Crippen molar-refractivity contribution in [3.8, 4) is 5.75 Å². The van der Waals surface area contributed by atoms with E-state index in [9.17, 15) is 9.59 Å². The van der Waals surface area contributed by atoms with Crippen LogP contribution in [0.1, 0.15) is 54.1 Å². The molecule has 0 saturated heterocycles. The van der Waals surface area contributed by atoms with Crippen molar-refractivity contribution in [2.45, 2.75) is 38.8 Å². The van der Waals surface area contributed by atoms with Gasteiger partial charge in [-0.2, -0.15) is 5.10 Å². The van der Waals surface area contributed by atoms with Gasteiger partial charge < -0.3 is 14.6 Å². The van der Waals surface area contributed by atoms with E-state index in [2.05, 4.69) is 22.3 Å². The first-order chi connectivity index (χ1) is 16.5. The number of imidazole rings is 1. The van der Waals surface area contributed by atoms with Crippen LogP contribution >= 0.6 is 0 Å². The molecule has 0 bridgehead atoms. The van der Waals surface area contributed by atoms with Gasteiger partial charge in [-0.25, -0.2) is 9.67 Å². The fourth-order valence-electron chi connectivity index (χ4n) is 4.01. The highest BCUT2D eigenvalue weighted by atomic mass is 16.5. The van der Waals surface area contributed by atoms with Gasteiger partial charge >= 0.3 is 0 Å². The number of aryl methyl sites for hydroxylation is 2. The smallest absolute Gasteiger partial charge is 0.274 e. The normalized spacial score (nSPS) is 12.0. The molecule has 0 aliphatic rings. The van der Waals surface area contributed by atoms with E-state index in [0.29, 0.717) is 23.1 Å². The quantitative estimate of drug-likeness (QED) is 0.384. The average molecular weight is 460 g/mol. The minimum absolute atomic E-state index is 0.181. The van der Waals surface area contributed by atoms with Crippen molar-refractivity contribution in [3.05, 3.63) is 88.4 Å². The summed E-state index contributed by atoms with van der Waals surface area (Å²) < 4.78 is 8.56. The van der Waals surface area contributed by atoms with E-state index in [1.807, 2.05) is 42.1 Å². The first-order valence-electron chi connectivity index (χ1n) is 11.5. The Morgan fingerprint density at radius 3 is 2.47 bits per heavy atom. The van der Waals surface area contributed by atoms with Gasteiger partial charge in [0.15, 0.2) is 5.69 Å². The van der Waals surface area contributed by atoms with E-state index in [4.69, 9.17) is 4.74 Å². The lowest BCUT2D eigenvalue weighted by Crippen LogP contribution is -2.34. The van der Waals surface area contributed by atoms with Gasteiger partial charge in [0, 0.05) is 31.4 Å². The zero-order valence-electron chi connectivity index (χ0n) is 19.7. The summed E-state index contributed by atoms with van der Waals surface area (Å²) in [7, 11) is 3.49. The summed E-state index contributed by atoms with van der Waals surface area (Å²) in [5.74, 6) is 1.03. The molecule has 1 N–H and O–H groups in total. The van der Waals surface area contributed by atoms with Gasteiger partial charge in [0.05, 0.1) is 12.5 Å². The largest absolute Gasteiger partial charge is 0.497 e. The lowest BCUT2D eigenvalue weighted by Gasteiger charge is -2.20. The van der Waals surface area contributed by atoms with Gasteiger partial charge in [0.25, 0.3) is 11.5 Å². The first-order valence-corrected chi connectivity index (χ1v) is 11.5. The minimum atomic E-state index is -0.514. The Morgan fingerprint density at radius 2 is 1.82 bits per heavy atom. The zero-order valence-corrected chi connectivity index (χ0v) is 19.7. The Balaban J connectivity index is 1.75. The standard InChI is InChI=1S/C26H29N5O3/c1-4-5-8-16-31-26(33)21-10-7-6-9-20(21)23(29-31)25(32)28-22(24-27-15-17-30(24)2)18-11-13-19(34-3)14-12-18/h6-7,9-15,17,22H,4-5,8,16H2,1-3H3,(H,28,32). The molecule has 1 unspecified atom stereocenters. The first kappa shape index (κ1) is 23.2. The van der Waals surface area contributed by atoms with Gasteiger partial charge in [-0.05, 0) is 30.2 Å². The Morgan fingerprint density at radius 1 is 1.09 bits per heavy atom. The van der Waals surface area contributed by atoms with Gasteiger partial charge in [-0.15, -0.1) is 0 Å². The molecule has 176 valence electrons. The molecule has 1 amide bonds. The molecule has 34 heavy (non-hydrogen) atoms. The van der Waals surface area contributed by atoms with E-state index in [0.717, 1.165) is 30.6 Å². The Labute approximate surface area is 198 Å². The van der Waals surface area contributed by atoms with Gasteiger partial charge in [-0.1, -0.05) is 50.1 Å². The monoisotopic (exact) mass is 459 g/mol.